The van der Waals surface area contributed by atoms with E-state index in [0.717, 1.165) is 48.7 Å². The fourth-order valence-electron chi connectivity index (χ4n) is 4.11. The fourth-order valence-corrected chi connectivity index (χ4v) is 4.11. The predicted octanol–water partition coefficient (Wildman–Crippen LogP) is 4.80. The molecule has 0 aliphatic carbocycles. The molecule has 0 bridgehead atoms. The minimum atomic E-state index is 0.0173. The first kappa shape index (κ1) is 21.0. The van der Waals surface area contributed by atoms with Crippen LogP contribution in [0.4, 0.5) is 0 Å². The van der Waals surface area contributed by atoms with E-state index < -0.39 is 0 Å². The van der Waals surface area contributed by atoms with Crippen molar-refractivity contribution in [3.05, 3.63) is 71.9 Å². The topological polar surface area (TPSA) is 75.7 Å². The van der Waals surface area contributed by atoms with E-state index in [1.165, 1.54) is 0 Å². The molecule has 0 spiro atoms. The average molecular weight is 421 g/mol. The summed E-state index contributed by atoms with van der Waals surface area (Å²) in [5, 5.41) is 2.91. The molecular weight excluding hydrogens is 392 g/mol. The third-order valence-electron chi connectivity index (χ3n) is 5.76. The molecule has 2 amide bonds. The van der Waals surface area contributed by atoms with Gasteiger partial charge in [-0.1, -0.05) is 12.1 Å². The molecule has 1 N–H and O–H groups in total. The van der Waals surface area contributed by atoms with Gasteiger partial charge in [0.25, 0.3) is 5.91 Å². The first-order valence-electron chi connectivity index (χ1n) is 10.8. The Morgan fingerprint density at radius 1 is 1.16 bits per heavy atom. The number of rotatable bonds is 7. The number of amides is 2. The molecule has 1 saturated heterocycles. The first-order chi connectivity index (χ1) is 15.1. The van der Waals surface area contributed by atoms with Gasteiger partial charge < -0.3 is 19.1 Å². The molecule has 2 aromatic heterocycles. The van der Waals surface area contributed by atoms with Crippen molar-refractivity contribution in [3.63, 3.8) is 0 Å². The zero-order valence-electron chi connectivity index (χ0n) is 17.8. The highest BCUT2D eigenvalue weighted by molar-refractivity contribution is 5.95. The van der Waals surface area contributed by atoms with Gasteiger partial charge in [-0.05, 0) is 68.5 Å². The van der Waals surface area contributed by atoms with E-state index in [0.29, 0.717) is 31.0 Å². The highest BCUT2D eigenvalue weighted by atomic mass is 16.3. The lowest BCUT2D eigenvalue weighted by atomic mass is 9.92. The molecule has 31 heavy (non-hydrogen) atoms. The minimum absolute atomic E-state index is 0.0173. The summed E-state index contributed by atoms with van der Waals surface area (Å²) in [5.41, 5.74) is 1.56. The van der Waals surface area contributed by atoms with Crippen LogP contribution in [-0.2, 0) is 11.3 Å². The Labute approximate surface area is 182 Å². The van der Waals surface area contributed by atoms with E-state index in [1.807, 2.05) is 60.4 Å². The summed E-state index contributed by atoms with van der Waals surface area (Å²) in [4.78, 5) is 27.2. The van der Waals surface area contributed by atoms with Crippen LogP contribution in [0.15, 0.2) is 63.6 Å². The summed E-state index contributed by atoms with van der Waals surface area (Å²) in [6, 6.07) is 15.1. The summed E-state index contributed by atoms with van der Waals surface area (Å²) < 4.78 is 10.9. The second kappa shape index (κ2) is 9.69. The monoisotopic (exact) mass is 420 g/mol. The number of nitrogens with zero attached hydrogens (tertiary/aromatic N) is 1. The molecular formula is C25H28N2O4. The van der Waals surface area contributed by atoms with E-state index in [1.54, 1.807) is 6.26 Å². The number of benzene rings is 1. The molecule has 1 fully saturated rings. The van der Waals surface area contributed by atoms with Crippen molar-refractivity contribution >= 4 is 11.8 Å². The maximum Gasteiger partial charge on any atom is 0.253 e. The molecule has 1 aliphatic heterocycles. The predicted molar refractivity (Wildman–Crippen MR) is 117 cm³/mol. The summed E-state index contributed by atoms with van der Waals surface area (Å²) in [7, 11) is 0. The minimum Gasteiger partial charge on any atom is -0.465 e. The Bertz CT molecular complexity index is 1020. The molecule has 6 heteroatoms. The number of nitrogens with one attached hydrogen (secondary N) is 1. The molecule has 1 aliphatic rings. The van der Waals surface area contributed by atoms with Crippen molar-refractivity contribution in [2.45, 2.75) is 39.2 Å². The Kier molecular flexibility index (Phi) is 6.55. The number of piperidine rings is 1. The molecule has 6 nitrogen and oxygen atoms in total. The molecule has 3 aromatic rings. The average Bonchev–Trinajstić information content (AvgIpc) is 3.48. The number of furan rings is 2. The number of likely N-dealkylation sites (tertiary alicyclic amines) is 1. The number of hydrogen-bond acceptors (Lipinski definition) is 4. The second-order valence-electron chi connectivity index (χ2n) is 8.15. The lowest BCUT2D eigenvalue weighted by molar-refractivity contribution is -0.121. The van der Waals surface area contributed by atoms with Crippen LogP contribution >= 0.6 is 0 Å². The molecule has 0 saturated carbocycles. The Morgan fingerprint density at radius 2 is 2.06 bits per heavy atom. The van der Waals surface area contributed by atoms with Gasteiger partial charge in [-0.2, -0.15) is 0 Å². The molecule has 1 aromatic carbocycles. The second-order valence-corrected chi connectivity index (χ2v) is 8.15. The van der Waals surface area contributed by atoms with Crippen molar-refractivity contribution in [1.82, 2.24) is 10.2 Å². The van der Waals surface area contributed by atoms with Gasteiger partial charge in [-0.25, -0.2) is 0 Å². The smallest absolute Gasteiger partial charge is 0.253 e. The van der Waals surface area contributed by atoms with Gasteiger partial charge in [-0.3, -0.25) is 9.59 Å². The van der Waals surface area contributed by atoms with Crippen LogP contribution < -0.4 is 5.32 Å². The van der Waals surface area contributed by atoms with Crippen molar-refractivity contribution < 1.29 is 18.4 Å². The quantitative estimate of drug-likeness (QED) is 0.596. The molecule has 1 unspecified atom stereocenters. The summed E-state index contributed by atoms with van der Waals surface area (Å²) >= 11 is 0. The lowest BCUT2D eigenvalue weighted by Crippen LogP contribution is -2.40. The van der Waals surface area contributed by atoms with Crippen molar-refractivity contribution in [3.8, 4) is 11.3 Å². The number of aryl methyl sites for hydroxylation is 1. The highest BCUT2D eigenvalue weighted by Gasteiger charge is 2.25. The fraction of sp³-hybridized carbons (Fsp3) is 0.360. The third-order valence-corrected chi connectivity index (χ3v) is 5.76. The molecule has 0 radical (unpaired) electrons. The van der Waals surface area contributed by atoms with Gasteiger partial charge in [0.15, 0.2) is 0 Å². The van der Waals surface area contributed by atoms with Gasteiger partial charge in [0.2, 0.25) is 5.91 Å². The Morgan fingerprint density at radius 3 is 2.84 bits per heavy atom. The van der Waals surface area contributed by atoms with E-state index in [4.69, 9.17) is 8.83 Å². The summed E-state index contributed by atoms with van der Waals surface area (Å²) in [6.45, 7) is 3.74. The maximum atomic E-state index is 13.1. The third kappa shape index (κ3) is 5.45. The lowest BCUT2D eigenvalue weighted by Gasteiger charge is -2.33. The zero-order valence-corrected chi connectivity index (χ0v) is 17.8. The molecule has 162 valence electrons. The van der Waals surface area contributed by atoms with Gasteiger partial charge >= 0.3 is 0 Å². The van der Waals surface area contributed by atoms with Crippen molar-refractivity contribution in [1.29, 1.82) is 0 Å². The van der Waals surface area contributed by atoms with Crippen LogP contribution in [-0.4, -0.2) is 29.8 Å². The van der Waals surface area contributed by atoms with E-state index in [9.17, 15) is 9.59 Å². The van der Waals surface area contributed by atoms with Gasteiger partial charge in [0.1, 0.15) is 17.3 Å². The van der Waals surface area contributed by atoms with Crippen LogP contribution in [0.2, 0.25) is 0 Å². The number of carbonyl (C=O) groups excluding carboxylic acids is 2. The number of carbonyl (C=O) groups is 2. The normalized spacial score (nSPS) is 16.3. The van der Waals surface area contributed by atoms with E-state index in [-0.39, 0.29) is 11.8 Å². The van der Waals surface area contributed by atoms with Crippen molar-refractivity contribution in [2.24, 2.45) is 5.92 Å². The van der Waals surface area contributed by atoms with E-state index >= 15 is 0 Å². The van der Waals surface area contributed by atoms with Crippen LogP contribution in [0.3, 0.4) is 0 Å². The first-order valence-corrected chi connectivity index (χ1v) is 10.8. The summed E-state index contributed by atoms with van der Waals surface area (Å²) in [5.74, 6) is 2.74. The summed E-state index contributed by atoms with van der Waals surface area (Å²) in [6.07, 6.45) is 4.87. The zero-order chi connectivity index (χ0) is 21.6. The Hall–Kier alpha value is -3.28. The SMILES string of the molecule is Cc1ccc(CNC(=O)CCC2CCCN(C(=O)c3cccc(-c4ccco4)c3)C2)o1. The van der Waals surface area contributed by atoms with Gasteiger partial charge in [-0.15, -0.1) is 0 Å². The molecule has 3 heterocycles. The van der Waals surface area contributed by atoms with E-state index in [2.05, 4.69) is 5.32 Å². The van der Waals surface area contributed by atoms with Crippen molar-refractivity contribution in [2.75, 3.05) is 13.1 Å². The highest BCUT2D eigenvalue weighted by Crippen LogP contribution is 2.25. The Balaban J connectivity index is 1.28. The van der Waals surface area contributed by atoms with Crippen LogP contribution in [0.1, 0.15) is 47.6 Å². The number of hydrogen-bond donors (Lipinski definition) is 1. The molecule has 4 rings (SSSR count). The van der Waals surface area contributed by atoms with Crippen LogP contribution in [0.25, 0.3) is 11.3 Å². The largest absolute Gasteiger partial charge is 0.465 e. The van der Waals surface area contributed by atoms with Crippen LogP contribution in [0, 0.1) is 12.8 Å². The van der Waals surface area contributed by atoms with Crippen LogP contribution in [0.5, 0.6) is 0 Å². The maximum absolute atomic E-state index is 13.1. The van der Waals surface area contributed by atoms with Gasteiger partial charge in [0, 0.05) is 30.6 Å². The standard InChI is InChI=1S/C25H28N2O4/c1-18-9-11-22(31-18)16-26-24(28)12-10-19-5-3-13-27(17-19)25(29)21-7-2-6-20(15-21)23-8-4-14-30-23/h2,4,6-9,11,14-15,19H,3,5,10,12-13,16-17H2,1H3,(H,26,28). The molecule has 1 atom stereocenters. The van der Waals surface area contributed by atoms with Gasteiger partial charge in [0.05, 0.1) is 12.8 Å².